The lowest BCUT2D eigenvalue weighted by atomic mass is 9.48. The van der Waals surface area contributed by atoms with E-state index in [9.17, 15) is 0 Å². The summed E-state index contributed by atoms with van der Waals surface area (Å²) in [4.78, 5) is 1.36. The van der Waals surface area contributed by atoms with Crippen LogP contribution in [0.4, 0.5) is 0 Å². The molecule has 3 aromatic heterocycles. The topological polar surface area (TPSA) is 29.0 Å². The van der Waals surface area contributed by atoms with Gasteiger partial charge in [0.15, 0.2) is 17.8 Å². The molecule has 3 aliphatic rings. The summed E-state index contributed by atoms with van der Waals surface area (Å²) >= 11 is 1.85. The Kier molecular flexibility index (Phi) is 4.79. The molecule has 206 valence electrons. The van der Waals surface area contributed by atoms with E-state index >= 15 is 0 Å². The number of aryl methyl sites for hydroxylation is 3. The Morgan fingerprint density at radius 1 is 0.976 bits per heavy atom. The molecular formula is C38H33N2OS+. The van der Waals surface area contributed by atoms with Gasteiger partial charge in [0, 0.05) is 44.1 Å². The average Bonchev–Trinajstić information content (AvgIpc) is 3.52. The molecule has 9 rings (SSSR count). The number of nitrogens with zero attached hydrogens (tertiary/aromatic N) is 1. The second-order valence-electron chi connectivity index (χ2n) is 12.5. The molecule has 6 aromatic rings. The summed E-state index contributed by atoms with van der Waals surface area (Å²) in [6.07, 6.45) is 7.71. The molecule has 1 aliphatic carbocycles. The van der Waals surface area contributed by atoms with Gasteiger partial charge in [-0.2, -0.15) is 4.57 Å². The first kappa shape index (κ1) is 24.4. The summed E-state index contributed by atoms with van der Waals surface area (Å²) in [7, 11) is 0. The van der Waals surface area contributed by atoms with Gasteiger partial charge in [0.25, 0.3) is 0 Å². The molecule has 1 fully saturated rings. The standard InChI is InChI=1S/C38H33N2OS/c1-6-29-34-33(26-11-9-8-10-25(26)31-17-12-20(3)19-40(31)34)38(29)18-23-13-14-27-28-16-15-24-21(4)22(5)42-37(24)36(28)41-35(27)32(23)30(7-2)39-38/h6-17,19,29,33-34,39H,1,18H2,2-5H3/q+1/b30-7-. The Balaban J connectivity index is 1.26. The minimum Gasteiger partial charge on any atom is -0.454 e. The van der Waals surface area contributed by atoms with Crippen molar-refractivity contribution < 1.29 is 8.98 Å². The van der Waals surface area contributed by atoms with Crippen LogP contribution in [0.25, 0.3) is 49.0 Å². The van der Waals surface area contributed by atoms with Gasteiger partial charge in [0.2, 0.25) is 5.69 Å². The minimum absolute atomic E-state index is 0.166. The third-order valence-electron chi connectivity index (χ3n) is 10.6. The zero-order valence-electron chi connectivity index (χ0n) is 24.4. The van der Waals surface area contributed by atoms with Crippen LogP contribution in [0.2, 0.25) is 0 Å². The van der Waals surface area contributed by atoms with Crippen LogP contribution >= 0.6 is 11.3 Å². The fourth-order valence-electron chi connectivity index (χ4n) is 8.61. The first-order valence-electron chi connectivity index (χ1n) is 15.0. The van der Waals surface area contributed by atoms with Gasteiger partial charge in [-0.15, -0.1) is 17.9 Å². The Morgan fingerprint density at radius 2 is 1.76 bits per heavy atom. The molecule has 0 bridgehead atoms. The second kappa shape index (κ2) is 8.23. The predicted octanol–water partition coefficient (Wildman–Crippen LogP) is 9.08. The first-order valence-corrected chi connectivity index (χ1v) is 15.8. The van der Waals surface area contributed by atoms with Gasteiger partial charge in [-0.3, -0.25) is 0 Å². The molecule has 0 amide bonds. The number of aromatic nitrogens is 1. The number of pyridine rings is 1. The van der Waals surface area contributed by atoms with Gasteiger partial charge in [-0.25, -0.2) is 0 Å². The molecule has 42 heavy (non-hydrogen) atoms. The SMILES string of the molecule is C=CC1C2C(c3ccccc3-c3ccc(C)c[n+]32)C12Cc1ccc3c(oc4c3ccc3c(C)c(C)sc34)c1/C(=C/C)N2. The number of allylic oxidation sites excluding steroid dienone is 1. The first-order chi connectivity index (χ1) is 20.4. The lowest BCUT2D eigenvalue weighted by Crippen LogP contribution is -2.75. The summed E-state index contributed by atoms with van der Waals surface area (Å²) in [5, 5.41) is 7.87. The molecule has 3 nitrogen and oxygen atoms in total. The van der Waals surface area contributed by atoms with Crippen molar-refractivity contribution in [3.63, 3.8) is 0 Å². The van der Waals surface area contributed by atoms with Gasteiger partial charge >= 0.3 is 0 Å². The summed E-state index contributed by atoms with van der Waals surface area (Å²) in [5.74, 6) is 0.592. The van der Waals surface area contributed by atoms with Crippen molar-refractivity contribution in [1.29, 1.82) is 0 Å². The molecule has 3 aromatic carbocycles. The van der Waals surface area contributed by atoms with Crippen molar-refractivity contribution in [3.05, 3.63) is 118 Å². The van der Waals surface area contributed by atoms with Gasteiger partial charge in [0.05, 0.1) is 22.1 Å². The number of benzene rings is 3. The van der Waals surface area contributed by atoms with Crippen LogP contribution in [0.3, 0.4) is 0 Å². The Hall–Kier alpha value is -4.15. The van der Waals surface area contributed by atoms with E-state index in [1.807, 2.05) is 11.3 Å². The predicted molar refractivity (Wildman–Crippen MR) is 174 cm³/mol. The van der Waals surface area contributed by atoms with E-state index in [2.05, 4.69) is 123 Å². The summed E-state index contributed by atoms with van der Waals surface area (Å²) in [6, 6.07) is 23.1. The van der Waals surface area contributed by atoms with Gasteiger partial charge in [-0.1, -0.05) is 48.6 Å². The summed E-state index contributed by atoms with van der Waals surface area (Å²) in [5.41, 5.74) is 12.3. The van der Waals surface area contributed by atoms with Crippen molar-refractivity contribution in [2.24, 2.45) is 5.92 Å². The highest BCUT2D eigenvalue weighted by Crippen LogP contribution is 2.63. The van der Waals surface area contributed by atoms with E-state index in [1.54, 1.807) is 0 Å². The smallest absolute Gasteiger partial charge is 0.213 e. The molecule has 0 saturated heterocycles. The molecular weight excluding hydrogens is 532 g/mol. The van der Waals surface area contributed by atoms with Gasteiger partial charge in [-0.05, 0) is 74.4 Å². The fraction of sp³-hybridized carbons (Fsp3) is 0.237. The number of hydrogen-bond acceptors (Lipinski definition) is 3. The molecule has 4 atom stereocenters. The zero-order chi connectivity index (χ0) is 28.5. The van der Waals surface area contributed by atoms with E-state index in [1.165, 1.54) is 70.5 Å². The van der Waals surface area contributed by atoms with E-state index in [4.69, 9.17) is 4.42 Å². The average molecular weight is 566 g/mol. The van der Waals surface area contributed by atoms with E-state index in [-0.39, 0.29) is 11.5 Å². The van der Waals surface area contributed by atoms with Crippen molar-refractivity contribution in [1.82, 2.24) is 5.32 Å². The van der Waals surface area contributed by atoms with Crippen LogP contribution in [-0.2, 0) is 6.42 Å². The molecule has 1 N–H and O–H groups in total. The molecule has 1 saturated carbocycles. The normalized spacial score (nSPS) is 24.8. The number of hydrogen-bond donors (Lipinski definition) is 1. The minimum atomic E-state index is -0.166. The molecule has 4 heteroatoms. The highest BCUT2D eigenvalue weighted by atomic mass is 32.1. The Morgan fingerprint density at radius 3 is 2.60 bits per heavy atom. The monoisotopic (exact) mass is 565 g/mol. The molecule has 1 spiro atoms. The van der Waals surface area contributed by atoms with Crippen molar-refractivity contribution in [2.75, 3.05) is 0 Å². The lowest BCUT2D eigenvalue weighted by molar-refractivity contribution is -0.740. The quantitative estimate of drug-likeness (QED) is 0.159. The van der Waals surface area contributed by atoms with Gasteiger partial charge in [0.1, 0.15) is 5.58 Å². The van der Waals surface area contributed by atoms with Crippen molar-refractivity contribution in [3.8, 4) is 11.3 Å². The lowest BCUT2D eigenvalue weighted by Gasteiger charge is -2.61. The maximum Gasteiger partial charge on any atom is 0.213 e. The fourth-order valence-corrected chi connectivity index (χ4v) is 9.76. The van der Waals surface area contributed by atoms with E-state index in [0.29, 0.717) is 12.0 Å². The van der Waals surface area contributed by atoms with Crippen LogP contribution in [0.15, 0.2) is 90.0 Å². The number of thiophene rings is 1. The maximum absolute atomic E-state index is 6.87. The Bertz CT molecular complexity index is 2200. The highest BCUT2D eigenvalue weighted by Gasteiger charge is 2.69. The molecule has 4 unspecified atom stereocenters. The number of furan rings is 1. The third-order valence-corrected chi connectivity index (χ3v) is 11.8. The largest absolute Gasteiger partial charge is 0.454 e. The summed E-state index contributed by atoms with van der Waals surface area (Å²) < 4.78 is 10.7. The number of fused-ring (bicyclic) bond motifs is 14. The second-order valence-corrected chi connectivity index (χ2v) is 13.8. The van der Waals surface area contributed by atoms with Crippen LogP contribution < -0.4 is 9.88 Å². The van der Waals surface area contributed by atoms with Crippen LogP contribution in [0.5, 0.6) is 0 Å². The zero-order valence-corrected chi connectivity index (χ0v) is 25.2. The van der Waals surface area contributed by atoms with E-state index in [0.717, 1.165) is 17.6 Å². The summed E-state index contributed by atoms with van der Waals surface area (Å²) in [6.45, 7) is 13.2. The molecule has 5 heterocycles. The molecule has 2 aliphatic heterocycles. The van der Waals surface area contributed by atoms with Crippen LogP contribution in [-0.4, -0.2) is 5.54 Å². The van der Waals surface area contributed by atoms with Crippen LogP contribution in [0, 0.1) is 26.7 Å². The van der Waals surface area contributed by atoms with Gasteiger partial charge < -0.3 is 9.73 Å². The number of nitrogens with one attached hydrogen (secondary N) is 1. The van der Waals surface area contributed by atoms with Crippen LogP contribution in [0.1, 0.15) is 51.6 Å². The maximum atomic E-state index is 6.87. The van der Waals surface area contributed by atoms with Crippen molar-refractivity contribution >= 4 is 49.1 Å². The number of rotatable bonds is 1. The molecule has 0 radical (unpaired) electrons. The van der Waals surface area contributed by atoms with Crippen molar-refractivity contribution in [2.45, 2.75) is 51.6 Å². The third kappa shape index (κ3) is 2.84. The Labute approximate surface area is 249 Å². The highest BCUT2D eigenvalue weighted by molar-refractivity contribution is 7.20. The van der Waals surface area contributed by atoms with E-state index < -0.39 is 0 Å².